The van der Waals surface area contributed by atoms with Crippen LogP contribution in [0.25, 0.3) is 16.6 Å². The van der Waals surface area contributed by atoms with E-state index in [2.05, 4.69) is 98.6 Å². The van der Waals surface area contributed by atoms with Gasteiger partial charge in [-0.2, -0.15) is 0 Å². The number of hydrogen-bond donors (Lipinski definition) is 0. The Labute approximate surface area is 279 Å². The van der Waals surface area contributed by atoms with E-state index >= 15 is 0 Å². The summed E-state index contributed by atoms with van der Waals surface area (Å²) in [5.41, 5.74) is 3.04. The Bertz CT molecular complexity index is 1400. The van der Waals surface area contributed by atoms with Crippen LogP contribution in [-0.4, -0.2) is 72.6 Å². The molecule has 0 saturated carbocycles. The predicted molar refractivity (Wildman–Crippen MR) is 192 cm³/mol. The number of amides is 1. The SMILES string of the molecule is COc1cnc2c(ccn2[Si](C(C)C)(C(C)C)C(C)C)c1/C(=C\B1OC(C)(C)C(C)(C)O1)[C@H]1CN(C(=O)OC(C)(C)C)CC[C@H]1C. The highest BCUT2D eigenvalue weighted by Gasteiger charge is 2.51. The third-order valence-corrected chi connectivity index (χ3v) is 17.7. The van der Waals surface area contributed by atoms with Gasteiger partial charge in [-0.3, -0.25) is 0 Å². The van der Waals surface area contributed by atoms with Crippen molar-refractivity contribution in [2.24, 2.45) is 11.8 Å². The summed E-state index contributed by atoms with van der Waals surface area (Å²) < 4.78 is 27.6. The summed E-state index contributed by atoms with van der Waals surface area (Å²) in [7, 11) is -0.952. The molecule has 4 rings (SSSR count). The zero-order chi connectivity index (χ0) is 34.6. The van der Waals surface area contributed by atoms with Crippen LogP contribution in [0.5, 0.6) is 5.75 Å². The molecule has 0 aliphatic carbocycles. The van der Waals surface area contributed by atoms with E-state index in [4.69, 9.17) is 23.8 Å². The largest absolute Gasteiger partial charge is 0.494 e. The van der Waals surface area contributed by atoms with Gasteiger partial charge in [0.25, 0.3) is 0 Å². The lowest BCUT2D eigenvalue weighted by Gasteiger charge is -2.44. The Morgan fingerprint density at radius 1 is 1.07 bits per heavy atom. The van der Waals surface area contributed by atoms with E-state index in [0.29, 0.717) is 35.5 Å². The Hall–Kier alpha value is -2.30. The van der Waals surface area contributed by atoms with Gasteiger partial charge in [0.05, 0.1) is 24.5 Å². The van der Waals surface area contributed by atoms with Crippen molar-refractivity contribution < 1.29 is 23.6 Å². The van der Waals surface area contributed by atoms with E-state index in [0.717, 1.165) is 28.6 Å². The second kappa shape index (κ2) is 13.0. The number of carbonyl (C=O) groups is 1. The van der Waals surface area contributed by atoms with E-state index in [1.54, 1.807) is 7.11 Å². The number of methoxy groups -OCH3 is 1. The third kappa shape index (κ3) is 6.55. The standard InChI is InChI=1S/C36H60BN3O5Si/c1-23(2)46(24(3)4,25(5)6)40-19-17-27-31(30(42-15)21-38-32(27)40)28(20-37-44-35(11,12)36(13,14)45-37)29-22-39(18-16-26(29)7)33(41)43-34(8,9)10/h17,19-21,23-26,29H,16,18,22H2,1-15H3/b28-20-/t26-,29+/m1/s1. The summed E-state index contributed by atoms with van der Waals surface area (Å²) >= 11 is 0. The smallest absolute Gasteiger partial charge is 0.487 e. The summed E-state index contributed by atoms with van der Waals surface area (Å²) in [6, 6.07) is 2.23. The van der Waals surface area contributed by atoms with Crippen LogP contribution in [0, 0.1) is 11.8 Å². The minimum Gasteiger partial charge on any atom is -0.494 e. The van der Waals surface area contributed by atoms with Gasteiger partial charge in [0.2, 0.25) is 0 Å². The average Bonchev–Trinajstić information content (AvgIpc) is 3.42. The lowest BCUT2D eigenvalue weighted by atomic mass is 9.73. The molecule has 2 fully saturated rings. The Morgan fingerprint density at radius 3 is 2.13 bits per heavy atom. The van der Waals surface area contributed by atoms with Crippen molar-refractivity contribution in [3.63, 3.8) is 0 Å². The molecule has 2 aromatic rings. The van der Waals surface area contributed by atoms with Crippen LogP contribution in [0.2, 0.25) is 16.6 Å². The summed E-state index contributed by atoms with van der Waals surface area (Å²) in [6.45, 7) is 31.8. The van der Waals surface area contributed by atoms with E-state index in [-0.39, 0.29) is 17.9 Å². The van der Waals surface area contributed by atoms with Gasteiger partial charge in [0.1, 0.15) is 17.0 Å². The molecular formula is C36H60BN3O5Si. The molecule has 46 heavy (non-hydrogen) atoms. The molecule has 0 N–H and O–H groups in total. The number of pyridine rings is 1. The maximum atomic E-state index is 13.4. The first-order chi connectivity index (χ1) is 21.2. The fourth-order valence-corrected chi connectivity index (χ4v) is 14.7. The molecule has 0 spiro atoms. The predicted octanol–water partition coefficient (Wildman–Crippen LogP) is 8.98. The quantitative estimate of drug-likeness (QED) is 0.265. The fraction of sp³-hybridized carbons (Fsp3) is 0.722. The highest BCUT2D eigenvalue weighted by atomic mass is 28.3. The Kier molecular flexibility index (Phi) is 10.3. The molecule has 4 heterocycles. The number of fused-ring (bicyclic) bond motifs is 1. The third-order valence-electron chi connectivity index (χ3n) is 11.0. The zero-order valence-corrected chi connectivity index (χ0v) is 32.3. The van der Waals surface area contributed by atoms with Gasteiger partial charge in [-0.05, 0) is 101 Å². The Morgan fingerprint density at radius 2 is 1.63 bits per heavy atom. The van der Waals surface area contributed by atoms with Crippen molar-refractivity contribution in [3.05, 3.63) is 30.0 Å². The van der Waals surface area contributed by atoms with Crippen LogP contribution >= 0.6 is 0 Å². The van der Waals surface area contributed by atoms with Crippen LogP contribution in [0.4, 0.5) is 4.79 Å². The molecule has 2 aromatic heterocycles. The second-order valence-corrected chi connectivity index (χ2v) is 22.2. The maximum Gasteiger partial charge on any atom is 0.487 e. The van der Waals surface area contributed by atoms with Crippen molar-refractivity contribution in [2.75, 3.05) is 20.2 Å². The molecule has 0 radical (unpaired) electrons. The minimum atomic E-state index is -2.10. The van der Waals surface area contributed by atoms with Crippen LogP contribution in [-0.2, 0) is 14.0 Å². The molecule has 2 aliphatic heterocycles. The van der Waals surface area contributed by atoms with Gasteiger partial charge < -0.3 is 27.9 Å². The van der Waals surface area contributed by atoms with Crippen molar-refractivity contribution in [2.45, 2.75) is 137 Å². The monoisotopic (exact) mass is 653 g/mol. The number of carbonyl (C=O) groups excluding carboxylic acids is 1. The molecule has 0 aromatic carbocycles. The van der Waals surface area contributed by atoms with E-state index in [1.807, 2.05) is 31.9 Å². The van der Waals surface area contributed by atoms with Crippen LogP contribution in [0.1, 0.15) is 109 Å². The van der Waals surface area contributed by atoms with Crippen molar-refractivity contribution in [3.8, 4) is 5.75 Å². The average molecular weight is 654 g/mol. The highest BCUT2D eigenvalue weighted by molar-refractivity contribution is 6.82. The summed E-state index contributed by atoms with van der Waals surface area (Å²) in [4.78, 5) is 20.3. The van der Waals surface area contributed by atoms with Crippen LogP contribution in [0.15, 0.2) is 24.4 Å². The number of hydrogen-bond acceptors (Lipinski definition) is 6. The topological polar surface area (TPSA) is 75.1 Å². The lowest BCUT2D eigenvalue weighted by molar-refractivity contribution is 0.00578. The molecule has 8 nitrogen and oxygen atoms in total. The lowest BCUT2D eigenvalue weighted by Crippen LogP contribution is -2.51. The molecular weight excluding hydrogens is 593 g/mol. The number of likely N-dealkylation sites (tertiary alicyclic amines) is 1. The molecule has 2 atom stereocenters. The molecule has 0 bridgehead atoms. The van der Waals surface area contributed by atoms with Gasteiger partial charge >= 0.3 is 13.2 Å². The van der Waals surface area contributed by atoms with Gasteiger partial charge in [0, 0.05) is 30.0 Å². The van der Waals surface area contributed by atoms with Gasteiger partial charge in [-0.15, -0.1) is 0 Å². The number of ether oxygens (including phenoxy) is 2. The summed E-state index contributed by atoms with van der Waals surface area (Å²) in [5.74, 6) is 3.13. The summed E-state index contributed by atoms with van der Waals surface area (Å²) in [6.07, 6.45) is 4.73. The molecule has 0 unspecified atom stereocenters. The van der Waals surface area contributed by atoms with Gasteiger partial charge in [-0.1, -0.05) is 48.5 Å². The van der Waals surface area contributed by atoms with Crippen molar-refractivity contribution in [1.29, 1.82) is 0 Å². The number of nitrogens with zero attached hydrogens (tertiary/aromatic N) is 3. The number of rotatable bonds is 8. The second-order valence-electron chi connectivity index (χ2n) is 16.5. The minimum absolute atomic E-state index is 0.00885. The normalized spacial score (nSPS) is 22.4. The first-order valence-corrected chi connectivity index (χ1v) is 19.5. The molecule has 1 amide bonds. The number of aromatic nitrogens is 2. The van der Waals surface area contributed by atoms with Crippen LogP contribution in [0.3, 0.4) is 0 Å². The van der Waals surface area contributed by atoms with Gasteiger partial charge in [0.15, 0.2) is 8.24 Å². The fourth-order valence-electron chi connectivity index (χ4n) is 8.13. The zero-order valence-electron chi connectivity index (χ0n) is 31.3. The molecule has 2 aliphatic rings. The van der Waals surface area contributed by atoms with Crippen LogP contribution < -0.4 is 4.74 Å². The molecule has 10 heteroatoms. The van der Waals surface area contributed by atoms with Crippen molar-refractivity contribution >= 4 is 38.1 Å². The molecule has 256 valence electrons. The van der Waals surface area contributed by atoms with E-state index in [1.165, 1.54) is 0 Å². The Balaban J connectivity index is 1.97. The molecule has 2 saturated heterocycles. The highest BCUT2D eigenvalue weighted by Crippen LogP contribution is 2.48. The van der Waals surface area contributed by atoms with E-state index < -0.39 is 32.2 Å². The first-order valence-electron chi connectivity index (χ1n) is 17.3. The maximum absolute atomic E-state index is 13.4. The number of piperidine rings is 1. The summed E-state index contributed by atoms with van der Waals surface area (Å²) in [5, 5.41) is 1.06. The van der Waals surface area contributed by atoms with Crippen molar-refractivity contribution in [1.82, 2.24) is 14.1 Å². The van der Waals surface area contributed by atoms with Gasteiger partial charge in [-0.25, -0.2) is 9.78 Å². The van der Waals surface area contributed by atoms with E-state index in [9.17, 15) is 4.79 Å². The first kappa shape index (κ1) is 36.5.